The Kier molecular flexibility index (Phi) is 3.24. The summed E-state index contributed by atoms with van der Waals surface area (Å²) in [6.45, 7) is 7.61. The van der Waals surface area contributed by atoms with E-state index in [2.05, 4.69) is 5.32 Å². The van der Waals surface area contributed by atoms with Crippen LogP contribution in [0.4, 0.5) is 4.79 Å². The lowest BCUT2D eigenvalue weighted by atomic mass is 10.0. The first-order valence-corrected chi connectivity index (χ1v) is 7.67. The Hall–Kier alpha value is -0.770. The normalized spacial score (nSPS) is 32.3. The summed E-state index contributed by atoms with van der Waals surface area (Å²) in [7, 11) is 0. The van der Waals surface area contributed by atoms with E-state index in [4.69, 9.17) is 4.74 Å². The van der Waals surface area contributed by atoms with Crippen LogP contribution in [-0.2, 0) is 4.74 Å². The molecule has 19 heavy (non-hydrogen) atoms. The molecule has 2 aliphatic carbocycles. The first-order valence-electron chi connectivity index (χ1n) is 7.67. The fraction of sp³-hybridized carbons (Fsp3) is 0.933. The summed E-state index contributed by atoms with van der Waals surface area (Å²) in [5.74, 6) is 1.48. The molecule has 4 nitrogen and oxygen atoms in total. The van der Waals surface area contributed by atoms with Crippen molar-refractivity contribution < 1.29 is 9.53 Å². The van der Waals surface area contributed by atoms with E-state index in [1.54, 1.807) is 0 Å². The maximum atomic E-state index is 12.4. The van der Waals surface area contributed by atoms with Crippen LogP contribution in [0, 0.1) is 11.8 Å². The van der Waals surface area contributed by atoms with Gasteiger partial charge >= 0.3 is 6.09 Å². The topological polar surface area (TPSA) is 41.6 Å². The summed E-state index contributed by atoms with van der Waals surface area (Å²) in [6.07, 6.45) is 5.04. The van der Waals surface area contributed by atoms with E-state index in [9.17, 15) is 4.79 Å². The lowest BCUT2D eigenvalue weighted by Gasteiger charge is -2.41. The summed E-state index contributed by atoms with van der Waals surface area (Å²) in [6, 6.07) is 0.840. The molecule has 1 aliphatic heterocycles. The van der Waals surface area contributed by atoms with Gasteiger partial charge in [-0.3, -0.25) is 0 Å². The molecule has 108 valence electrons. The molecule has 0 aromatic rings. The second-order valence-corrected chi connectivity index (χ2v) is 7.39. The van der Waals surface area contributed by atoms with Gasteiger partial charge in [0.1, 0.15) is 5.60 Å². The second kappa shape index (κ2) is 4.65. The number of nitrogens with one attached hydrogen (secondary N) is 1. The van der Waals surface area contributed by atoms with E-state index in [1.807, 2.05) is 25.7 Å². The lowest BCUT2D eigenvalue weighted by Crippen LogP contribution is -2.60. The molecule has 4 heteroatoms. The van der Waals surface area contributed by atoms with Crippen LogP contribution in [0.1, 0.15) is 46.5 Å². The van der Waals surface area contributed by atoms with Gasteiger partial charge in [-0.25, -0.2) is 4.79 Å². The number of amides is 1. The summed E-state index contributed by atoms with van der Waals surface area (Å²) in [5, 5.41) is 3.65. The zero-order chi connectivity index (χ0) is 13.6. The SMILES string of the molecule is CC(C)(C)OC(=O)N1CC(C2CC2)NCC1C1CC1. The lowest BCUT2D eigenvalue weighted by molar-refractivity contribution is 0.00348. The summed E-state index contributed by atoms with van der Waals surface area (Å²) < 4.78 is 5.59. The van der Waals surface area contributed by atoms with E-state index < -0.39 is 5.60 Å². The van der Waals surface area contributed by atoms with Gasteiger partial charge in [0.15, 0.2) is 0 Å². The number of ether oxygens (including phenoxy) is 1. The molecule has 3 rings (SSSR count). The van der Waals surface area contributed by atoms with Crippen LogP contribution < -0.4 is 5.32 Å². The minimum atomic E-state index is -0.398. The van der Waals surface area contributed by atoms with E-state index in [0.29, 0.717) is 18.0 Å². The van der Waals surface area contributed by atoms with Gasteiger partial charge < -0.3 is 15.0 Å². The monoisotopic (exact) mass is 266 g/mol. The zero-order valence-electron chi connectivity index (χ0n) is 12.3. The molecule has 2 saturated carbocycles. The predicted octanol–water partition coefficient (Wildman–Crippen LogP) is 2.38. The molecule has 1 N–H and O–H groups in total. The Bertz CT molecular complexity index is 356. The summed E-state index contributed by atoms with van der Waals surface area (Å²) >= 11 is 0. The van der Waals surface area contributed by atoms with Gasteiger partial charge in [0.2, 0.25) is 0 Å². The van der Waals surface area contributed by atoms with Crippen molar-refractivity contribution in [1.82, 2.24) is 10.2 Å². The maximum absolute atomic E-state index is 12.4. The Balaban J connectivity index is 1.67. The molecule has 0 aromatic heterocycles. The average Bonchev–Trinajstić information content (AvgIpc) is 3.16. The van der Waals surface area contributed by atoms with Crippen molar-refractivity contribution in [2.45, 2.75) is 64.1 Å². The number of nitrogens with zero attached hydrogens (tertiary/aromatic N) is 1. The molecule has 0 aromatic carbocycles. The summed E-state index contributed by atoms with van der Waals surface area (Å²) in [4.78, 5) is 14.4. The number of hydrogen-bond donors (Lipinski definition) is 1. The highest BCUT2D eigenvalue weighted by atomic mass is 16.6. The van der Waals surface area contributed by atoms with Gasteiger partial charge in [0.05, 0.1) is 6.04 Å². The molecule has 2 atom stereocenters. The number of piperazine rings is 1. The molecule has 3 fully saturated rings. The van der Waals surface area contributed by atoms with Crippen LogP contribution in [0.5, 0.6) is 0 Å². The average molecular weight is 266 g/mol. The molecular formula is C15H26N2O2. The Labute approximate surface area is 115 Å². The Morgan fingerprint density at radius 3 is 2.32 bits per heavy atom. The third kappa shape index (κ3) is 3.22. The van der Waals surface area contributed by atoms with Gasteiger partial charge in [0, 0.05) is 19.1 Å². The zero-order valence-corrected chi connectivity index (χ0v) is 12.3. The number of rotatable bonds is 2. The third-order valence-electron chi connectivity index (χ3n) is 4.37. The van der Waals surface area contributed by atoms with E-state index in [-0.39, 0.29) is 6.09 Å². The van der Waals surface area contributed by atoms with Gasteiger partial charge in [-0.1, -0.05) is 0 Å². The minimum Gasteiger partial charge on any atom is -0.444 e. The quantitative estimate of drug-likeness (QED) is 0.834. The van der Waals surface area contributed by atoms with Gasteiger partial charge in [-0.15, -0.1) is 0 Å². The molecule has 1 heterocycles. The van der Waals surface area contributed by atoms with Crippen LogP contribution in [-0.4, -0.2) is 41.8 Å². The molecule has 2 unspecified atom stereocenters. The van der Waals surface area contributed by atoms with Crippen molar-refractivity contribution in [2.24, 2.45) is 11.8 Å². The highest BCUT2D eigenvalue weighted by molar-refractivity contribution is 5.69. The first-order chi connectivity index (χ1) is 8.94. The van der Waals surface area contributed by atoms with Gasteiger partial charge in [-0.05, 0) is 58.3 Å². The van der Waals surface area contributed by atoms with Crippen molar-refractivity contribution in [3.8, 4) is 0 Å². The number of carbonyl (C=O) groups excluding carboxylic acids is 1. The molecule has 0 spiro atoms. The summed E-state index contributed by atoms with van der Waals surface area (Å²) in [5.41, 5.74) is -0.398. The largest absolute Gasteiger partial charge is 0.444 e. The van der Waals surface area contributed by atoms with Crippen molar-refractivity contribution in [3.63, 3.8) is 0 Å². The predicted molar refractivity (Wildman–Crippen MR) is 74.0 cm³/mol. The van der Waals surface area contributed by atoms with E-state index >= 15 is 0 Å². The first kappa shape index (κ1) is 13.2. The molecule has 0 radical (unpaired) electrons. The maximum Gasteiger partial charge on any atom is 0.410 e. The molecule has 1 amide bonds. The van der Waals surface area contributed by atoms with Crippen molar-refractivity contribution in [2.75, 3.05) is 13.1 Å². The van der Waals surface area contributed by atoms with Crippen molar-refractivity contribution in [1.29, 1.82) is 0 Å². The van der Waals surface area contributed by atoms with Crippen molar-refractivity contribution >= 4 is 6.09 Å². The highest BCUT2D eigenvalue weighted by Gasteiger charge is 2.45. The van der Waals surface area contributed by atoms with Crippen molar-refractivity contribution in [3.05, 3.63) is 0 Å². The van der Waals surface area contributed by atoms with Crippen LogP contribution in [0.15, 0.2) is 0 Å². The van der Waals surface area contributed by atoms with Crippen LogP contribution in [0.25, 0.3) is 0 Å². The van der Waals surface area contributed by atoms with Gasteiger partial charge in [0.25, 0.3) is 0 Å². The highest BCUT2D eigenvalue weighted by Crippen LogP contribution is 2.40. The Morgan fingerprint density at radius 1 is 1.16 bits per heavy atom. The Morgan fingerprint density at radius 2 is 1.79 bits per heavy atom. The second-order valence-electron chi connectivity index (χ2n) is 7.39. The van der Waals surface area contributed by atoms with Gasteiger partial charge in [-0.2, -0.15) is 0 Å². The fourth-order valence-corrected chi connectivity index (χ4v) is 3.04. The fourth-order valence-electron chi connectivity index (χ4n) is 3.04. The minimum absolute atomic E-state index is 0.114. The van der Waals surface area contributed by atoms with E-state index in [0.717, 1.165) is 19.0 Å². The van der Waals surface area contributed by atoms with Crippen LogP contribution >= 0.6 is 0 Å². The third-order valence-corrected chi connectivity index (χ3v) is 4.37. The number of carbonyl (C=O) groups is 1. The molecular weight excluding hydrogens is 240 g/mol. The smallest absolute Gasteiger partial charge is 0.410 e. The van der Waals surface area contributed by atoms with Crippen LogP contribution in [0.2, 0.25) is 0 Å². The van der Waals surface area contributed by atoms with Crippen LogP contribution in [0.3, 0.4) is 0 Å². The number of hydrogen-bond acceptors (Lipinski definition) is 3. The standard InChI is InChI=1S/C15H26N2O2/c1-15(2,3)19-14(18)17-9-12(10-4-5-10)16-8-13(17)11-6-7-11/h10-13,16H,4-9H2,1-3H3. The molecule has 1 saturated heterocycles. The van der Waals surface area contributed by atoms with E-state index in [1.165, 1.54) is 25.7 Å². The molecule has 3 aliphatic rings. The molecule has 0 bridgehead atoms.